The first-order valence-electron chi connectivity index (χ1n) is 7.73. The number of halogens is 2. The lowest BCUT2D eigenvalue weighted by Crippen LogP contribution is -2.35. The largest absolute Gasteiger partial charge is 0.379 e. The Hall–Kier alpha value is -1.10. The van der Waals surface area contributed by atoms with Crippen LogP contribution < -0.4 is 5.73 Å². The van der Waals surface area contributed by atoms with Crippen molar-refractivity contribution in [2.75, 3.05) is 26.3 Å². The third-order valence-corrected chi connectivity index (χ3v) is 4.73. The Balaban J connectivity index is 1.75. The molecule has 2 N–H and O–H groups in total. The van der Waals surface area contributed by atoms with E-state index in [-0.39, 0.29) is 6.04 Å². The first-order valence-corrected chi connectivity index (χ1v) is 8.48. The Kier molecular flexibility index (Phi) is 5.57. The zero-order valence-corrected chi connectivity index (χ0v) is 14.4. The van der Waals surface area contributed by atoms with E-state index >= 15 is 0 Å². The summed E-state index contributed by atoms with van der Waals surface area (Å²) in [4.78, 5) is 2.35. The number of benzene rings is 2. The molecule has 5 heteroatoms. The van der Waals surface area contributed by atoms with Crippen molar-refractivity contribution >= 4 is 23.2 Å². The zero-order chi connectivity index (χ0) is 16.2. The van der Waals surface area contributed by atoms with Crippen molar-refractivity contribution in [3.8, 4) is 0 Å². The molecule has 0 amide bonds. The normalized spacial score (nSPS) is 17.2. The quantitative estimate of drug-likeness (QED) is 0.909. The monoisotopic (exact) mass is 350 g/mol. The summed E-state index contributed by atoms with van der Waals surface area (Å²) >= 11 is 12.5. The molecule has 0 aromatic heterocycles. The van der Waals surface area contributed by atoms with Crippen LogP contribution in [0.5, 0.6) is 0 Å². The van der Waals surface area contributed by atoms with Gasteiger partial charge in [0.1, 0.15) is 0 Å². The van der Waals surface area contributed by atoms with Gasteiger partial charge in [-0.2, -0.15) is 0 Å². The van der Waals surface area contributed by atoms with Gasteiger partial charge in [0.15, 0.2) is 0 Å². The summed E-state index contributed by atoms with van der Waals surface area (Å²) < 4.78 is 5.37. The molecule has 1 saturated heterocycles. The lowest BCUT2D eigenvalue weighted by atomic mass is 9.98. The van der Waals surface area contributed by atoms with Gasteiger partial charge in [-0.25, -0.2) is 0 Å². The molecule has 0 bridgehead atoms. The first kappa shape index (κ1) is 16.7. The van der Waals surface area contributed by atoms with Gasteiger partial charge >= 0.3 is 0 Å². The third-order valence-electron chi connectivity index (χ3n) is 4.14. The van der Waals surface area contributed by atoms with Crippen LogP contribution in [0.2, 0.25) is 10.0 Å². The standard InChI is InChI=1S/C18H20Cl2N2O/c19-16-3-1-2-13(10-16)18(21)14-4-5-15(17(20)11-14)12-22-6-8-23-9-7-22/h1-5,10-11,18H,6-9,12,21H2. The Labute approximate surface area is 146 Å². The van der Waals surface area contributed by atoms with E-state index in [0.29, 0.717) is 5.02 Å². The minimum atomic E-state index is -0.233. The number of hydrogen-bond donors (Lipinski definition) is 1. The van der Waals surface area contributed by atoms with Crippen molar-refractivity contribution in [1.29, 1.82) is 0 Å². The van der Waals surface area contributed by atoms with E-state index in [9.17, 15) is 0 Å². The van der Waals surface area contributed by atoms with Crippen LogP contribution >= 0.6 is 23.2 Å². The van der Waals surface area contributed by atoms with Crippen molar-refractivity contribution in [2.24, 2.45) is 5.73 Å². The fourth-order valence-electron chi connectivity index (χ4n) is 2.78. The van der Waals surface area contributed by atoms with Crippen LogP contribution in [0.25, 0.3) is 0 Å². The van der Waals surface area contributed by atoms with Crippen molar-refractivity contribution in [1.82, 2.24) is 4.90 Å². The molecule has 0 saturated carbocycles. The van der Waals surface area contributed by atoms with E-state index in [1.807, 2.05) is 36.4 Å². The highest BCUT2D eigenvalue weighted by Gasteiger charge is 2.15. The number of nitrogens with two attached hydrogens (primary N) is 1. The highest BCUT2D eigenvalue weighted by atomic mass is 35.5. The summed E-state index contributed by atoms with van der Waals surface area (Å²) in [6.45, 7) is 4.31. The molecule has 23 heavy (non-hydrogen) atoms. The lowest BCUT2D eigenvalue weighted by molar-refractivity contribution is 0.0342. The first-order chi connectivity index (χ1) is 11.1. The smallest absolute Gasteiger partial charge is 0.0594 e. The summed E-state index contributed by atoms with van der Waals surface area (Å²) in [5, 5.41) is 1.44. The number of hydrogen-bond acceptors (Lipinski definition) is 3. The summed E-state index contributed by atoms with van der Waals surface area (Å²) in [5.41, 5.74) is 9.44. The SMILES string of the molecule is NC(c1cccc(Cl)c1)c1ccc(CN2CCOCC2)c(Cl)c1. The molecule has 122 valence electrons. The van der Waals surface area contributed by atoms with Crippen LogP contribution in [0.3, 0.4) is 0 Å². The molecule has 1 heterocycles. The Morgan fingerprint density at radius 1 is 1.04 bits per heavy atom. The van der Waals surface area contributed by atoms with Gasteiger partial charge in [0.25, 0.3) is 0 Å². The summed E-state index contributed by atoms with van der Waals surface area (Å²) in [5.74, 6) is 0. The van der Waals surface area contributed by atoms with Gasteiger partial charge in [0, 0.05) is 29.7 Å². The molecule has 1 fully saturated rings. The van der Waals surface area contributed by atoms with Gasteiger partial charge in [-0.05, 0) is 34.9 Å². The van der Waals surface area contributed by atoms with E-state index in [0.717, 1.165) is 54.6 Å². The molecule has 3 rings (SSSR count). The van der Waals surface area contributed by atoms with E-state index in [4.69, 9.17) is 33.7 Å². The molecule has 1 aliphatic rings. The summed E-state index contributed by atoms with van der Waals surface area (Å²) in [6.07, 6.45) is 0. The maximum Gasteiger partial charge on any atom is 0.0594 e. The number of ether oxygens (including phenoxy) is 1. The Bertz CT molecular complexity index is 672. The van der Waals surface area contributed by atoms with Crippen LogP contribution in [-0.2, 0) is 11.3 Å². The van der Waals surface area contributed by atoms with Crippen LogP contribution in [0.1, 0.15) is 22.7 Å². The van der Waals surface area contributed by atoms with Gasteiger partial charge in [-0.15, -0.1) is 0 Å². The van der Waals surface area contributed by atoms with E-state index < -0.39 is 0 Å². The second kappa shape index (κ2) is 7.65. The number of morpholine rings is 1. The number of rotatable bonds is 4. The second-order valence-electron chi connectivity index (χ2n) is 5.77. The molecule has 1 atom stereocenters. The molecule has 2 aromatic carbocycles. The van der Waals surface area contributed by atoms with Crippen molar-refractivity contribution in [3.05, 3.63) is 69.2 Å². The predicted molar refractivity (Wildman–Crippen MR) is 95.0 cm³/mol. The molecular weight excluding hydrogens is 331 g/mol. The maximum absolute atomic E-state index is 6.47. The van der Waals surface area contributed by atoms with Gasteiger partial charge in [0.05, 0.1) is 19.3 Å². The fourth-order valence-corrected chi connectivity index (χ4v) is 3.23. The summed E-state index contributed by atoms with van der Waals surface area (Å²) in [7, 11) is 0. The van der Waals surface area contributed by atoms with Crippen LogP contribution in [0.4, 0.5) is 0 Å². The van der Waals surface area contributed by atoms with Crippen LogP contribution in [0.15, 0.2) is 42.5 Å². The minimum absolute atomic E-state index is 0.233. The van der Waals surface area contributed by atoms with Crippen LogP contribution in [-0.4, -0.2) is 31.2 Å². The summed E-state index contributed by atoms with van der Waals surface area (Å²) in [6, 6.07) is 13.5. The molecular formula is C18H20Cl2N2O. The average Bonchev–Trinajstić information content (AvgIpc) is 2.57. The van der Waals surface area contributed by atoms with Crippen LogP contribution in [0, 0.1) is 0 Å². The van der Waals surface area contributed by atoms with Gasteiger partial charge in [0.2, 0.25) is 0 Å². The Morgan fingerprint density at radius 3 is 2.48 bits per heavy atom. The highest BCUT2D eigenvalue weighted by Crippen LogP contribution is 2.27. The molecule has 1 unspecified atom stereocenters. The van der Waals surface area contributed by atoms with E-state index in [1.165, 1.54) is 0 Å². The van der Waals surface area contributed by atoms with Gasteiger partial charge < -0.3 is 10.5 Å². The highest BCUT2D eigenvalue weighted by molar-refractivity contribution is 6.31. The van der Waals surface area contributed by atoms with Crippen molar-refractivity contribution in [2.45, 2.75) is 12.6 Å². The minimum Gasteiger partial charge on any atom is -0.379 e. The van der Waals surface area contributed by atoms with Gasteiger partial charge in [-0.3, -0.25) is 4.90 Å². The Morgan fingerprint density at radius 2 is 1.78 bits per heavy atom. The average molecular weight is 351 g/mol. The molecule has 0 aliphatic carbocycles. The topological polar surface area (TPSA) is 38.5 Å². The van der Waals surface area contributed by atoms with Crippen molar-refractivity contribution in [3.63, 3.8) is 0 Å². The van der Waals surface area contributed by atoms with Gasteiger partial charge in [-0.1, -0.05) is 47.5 Å². The third kappa shape index (κ3) is 4.25. The molecule has 2 aromatic rings. The fraction of sp³-hybridized carbons (Fsp3) is 0.333. The van der Waals surface area contributed by atoms with E-state index in [2.05, 4.69) is 11.0 Å². The maximum atomic E-state index is 6.47. The molecule has 0 spiro atoms. The molecule has 0 radical (unpaired) electrons. The predicted octanol–water partition coefficient (Wildman–Crippen LogP) is 3.87. The second-order valence-corrected chi connectivity index (χ2v) is 6.62. The zero-order valence-electron chi connectivity index (χ0n) is 12.8. The van der Waals surface area contributed by atoms with Crippen molar-refractivity contribution < 1.29 is 4.74 Å². The lowest BCUT2D eigenvalue weighted by Gasteiger charge is -2.27. The number of nitrogens with zero attached hydrogens (tertiary/aromatic N) is 1. The molecule has 1 aliphatic heterocycles. The van der Waals surface area contributed by atoms with E-state index in [1.54, 1.807) is 0 Å². The molecule has 3 nitrogen and oxygen atoms in total.